The quantitative estimate of drug-likeness (QED) is 0.500. The van der Waals surface area contributed by atoms with Crippen LogP contribution < -0.4 is 11.1 Å². The number of anilines is 2. The smallest absolute Gasteiger partial charge is 0.291 e. The zero-order valence-electron chi connectivity index (χ0n) is 14.3. The Kier molecular flexibility index (Phi) is 3.93. The molecule has 0 unspecified atom stereocenters. The Morgan fingerprint density at radius 1 is 0.962 bits per heavy atom. The Bertz CT molecular complexity index is 1110. The molecule has 4 heteroatoms. The molecular formula is C22H18N2O2. The number of nitrogens with two attached hydrogens (primary N) is 1. The molecule has 0 atom stereocenters. The molecule has 0 spiro atoms. The Labute approximate surface area is 151 Å². The fourth-order valence-corrected chi connectivity index (χ4v) is 3.09. The zero-order chi connectivity index (χ0) is 18.1. The van der Waals surface area contributed by atoms with Gasteiger partial charge >= 0.3 is 0 Å². The number of nitrogens with one attached hydrogen (secondary N) is 1. The van der Waals surface area contributed by atoms with E-state index < -0.39 is 0 Å². The molecule has 1 heterocycles. The number of aryl methyl sites for hydroxylation is 1. The van der Waals surface area contributed by atoms with E-state index in [-0.39, 0.29) is 11.7 Å². The maximum Gasteiger partial charge on any atom is 0.291 e. The van der Waals surface area contributed by atoms with Crippen LogP contribution in [0.25, 0.3) is 22.1 Å². The first-order valence-corrected chi connectivity index (χ1v) is 8.37. The lowest BCUT2D eigenvalue weighted by Gasteiger charge is -2.07. The predicted octanol–water partition coefficient (Wildman–Crippen LogP) is 5.24. The minimum Gasteiger partial charge on any atom is -0.451 e. The minimum atomic E-state index is -0.277. The molecule has 0 aliphatic heterocycles. The summed E-state index contributed by atoms with van der Waals surface area (Å²) in [6.07, 6.45) is 0. The van der Waals surface area contributed by atoms with Crippen molar-refractivity contribution in [2.75, 3.05) is 11.1 Å². The minimum absolute atomic E-state index is 0.268. The molecule has 4 rings (SSSR count). The third kappa shape index (κ3) is 2.93. The summed E-state index contributed by atoms with van der Waals surface area (Å²) < 4.78 is 5.78. The van der Waals surface area contributed by atoms with E-state index >= 15 is 0 Å². The number of carbonyl (C=O) groups is 1. The largest absolute Gasteiger partial charge is 0.451 e. The number of amides is 1. The van der Waals surface area contributed by atoms with Crippen LogP contribution in [0.4, 0.5) is 11.4 Å². The van der Waals surface area contributed by atoms with Crippen molar-refractivity contribution in [2.24, 2.45) is 0 Å². The Balaban J connectivity index is 1.62. The summed E-state index contributed by atoms with van der Waals surface area (Å²) in [4.78, 5) is 12.6. The molecule has 1 aromatic heterocycles. The van der Waals surface area contributed by atoms with Crippen LogP contribution >= 0.6 is 0 Å². The molecule has 1 amide bonds. The van der Waals surface area contributed by atoms with Crippen LogP contribution in [0.1, 0.15) is 16.1 Å². The molecule has 4 nitrogen and oxygen atoms in total. The van der Waals surface area contributed by atoms with Gasteiger partial charge in [0.2, 0.25) is 0 Å². The Morgan fingerprint density at radius 2 is 1.77 bits per heavy atom. The Morgan fingerprint density at radius 3 is 2.62 bits per heavy atom. The van der Waals surface area contributed by atoms with Crippen LogP contribution in [0.2, 0.25) is 0 Å². The second kappa shape index (κ2) is 6.41. The summed E-state index contributed by atoms with van der Waals surface area (Å²) in [5.41, 5.74) is 9.18. The second-order valence-corrected chi connectivity index (χ2v) is 6.22. The maximum atomic E-state index is 12.6. The third-order valence-electron chi connectivity index (χ3n) is 4.38. The van der Waals surface area contributed by atoms with Gasteiger partial charge in [-0.15, -0.1) is 0 Å². The van der Waals surface area contributed by atoms with Gasteiger partial charge in [-0.2, -0.15) is 0 Å². The third-order valence-corrected chi connectivity index (χ3v) is 4.38. The molecule has 0 aliphatic carbocycles. The maximum absolute atomic E-state index is 12.6. The van der Waals surface area contributed by atoms with E-state index in [2.05, 4.69) is 5.32 Å². The number of furan rings is 1. The molecule has 0 saturated carbocycles. The molecule has 128 valence electrons. The van der Waals surface area contributed by atoms with Crippen molar-refractivity contribution in [1.29, 1.82) is 0 Å². The Hall–Kier alpha value is -3.53. The standard InChI is InChI=1S/C22H18N2O2/c1-14-13-16(23)9-10-17(14)20-11-12-21(26-20)22(25)24-19-8-4-6-15-5-2-3-7-18(15)19/h2-13H,23H2,1H3,(H,24,25). The van der Waals surface area contributed by atoms with Crippen molar-refractivity contribution in [3.63, 3.8) is 0 Å². The molecule has 0 fully saturated rings. The van der Waals surface area contributed by atoms with Crippen molar-refractivity contribution in [1.82, 2.24) is 0 Å². The molecule has 0 radical (unpaired) electrons. The fraction of sp³-hybridized carbons (Fsp3) is 0.0455. The fourth-order valence-electron chi connectivity index (χ4n) is 3.09. The van der Waals surface area contributed by atoms with Gasteiger partial charge in [0, 0.05) is 22.3 Å². The lowest BCUT2D eigenvalue weighted by atomic mass is 10.1. The predicted molar refractivity (Wildman–Crippen MR) is 105 cm³/mol. The molecule has 0 bridgehead atoms. The summed E-state index contributed by atoms with van der Waals surface area (Å²) in [6, 6.07) is 22.8. The van der Waals surface area contributed by atoms with Gasteiger partial charge in [-0.1, -0.05) is 36.4 Å². The molecular weight excluding hydrogens is 324 g/mol. The van der Waals surface area contributed by atoms with E-state index in [0.29, 0.717) is 11.4 Å². The first kappa shape index (κ1) is 16.0. The number of carbonyl (C=O) groups excluding carboxylic acids is 1. The van der Waals surface area contributed by atoms with E-state index in [1.165, 1.54) is 0 Å². The van der Waals surface area contributed by atoms with Gasteiger partial charge in [0.05, 0.1) is 0 Å². The normalized spacial score (nSPS) is 10.8. The van der Waals surface area contributed by atoms with Crippen molar-refractivity contribution in [3.8, 4) is 11.3 Å². The number of nitrogen functional groups attached to an aromatic ring is 1. The van der Waals surface area contributed by atoms with E-state index in [9.17, 15) is 4.79 Å². The highest BCUT2D eigenvalue weighted by atomic mass is 16.3. The van der Waals surface area contributed by atoms with E-state index in [4.69, 9.17) is 10.2 Å². The molecule has 0 aliphatic rings. The van der Waals surface area contributed by atoms with Crippen LogP contribution in [-0.4, -0.2) is 5.91 Å². The van der Waals surface area contributed by atoms with E-state index in [1.54, 1.807) is 12.1 Å². The van der Waals surface area contributed by atoms with Crippen molar-refractivity contribution in [2.45, 2.75) is 6.92 Å². The van der Waals surface area contributed by atoms with Gasteiger partial charge in [0.25, 0.3) is 5.91 Å². The van der Waals surface area contributed by atoms with Crippen molar-refractivity contribution < 1.29 is 9.21 Å². The first-order valence-electron chi connectivity index (χ1n) is 8.37. The summed E-state index contributed by atoms with van der Waals surface area (Å²) >= 11 is 0. The van der Waals surface area contributed by atoms with Crippen LogP contribution in [0, 0.1) is 6.92 Å². The van der Waals surface area contributed by atoms with Crippen LogP contribution in [0.3, 0.4) is 0 Å². The summed E-state index contributed by atoms with van der Waals surface area (Å²) in [5.74, 6) is 0.635. The number of hydrogen-bond donors (Lipinski definition) is 2. The topological polar surface area (TPSA) is 68.3 Å². The average Bonchev–Trinajstić information content (AvgIpc) is 3.12. The van der Waals surface area contributed by atoms with Gasteiger partial charge < -0.3 is 15.5 Å². The van der Waals surface area contributed by atoms with Crippen LogP contribution in [0.5, 0.6) is 0 Å². The van der Waals surface area contributed by atoms with Gasteiger partial charge in [0.1, 0.15) is 5.76 Å². The monoisotopic (exact) mass is 342 g/mol. The lowest BCUT2D eigenvalue weighted by Crippen LogP contribution is -2.11. The van der Waals surface area contributed by atoms with Crippen LogP contribution in [-0.2, 0) is 0 Å². The number of fused-ring (bicyclic) bond motifs is 1. The zero-order valence-corrected chi connectivity index (χ0v) is 14.3. The van der Waals surface area contributed by atoms with Gasteiger partial charge in [-0.25, -0.2) is 0 Å². The number of rotatable bonds is 3. The number of hydrogen-bond acceptors (Lipinski definition) is 3. The molecule has 3 aromatic carbocycles. The van der Waals surface area contributed by atoms with Crippen molar-refractivity contribution >= 4 is 28.1 Å². The van der Waals surface area contributed by atoms with Gasteiger partial charge in [-0.05, 0) is 54.3 Å². The number of benzene rings is 3. The van der Waals surface area contributed by atoms with Gasteiger partial charge in [0.15, 0.2) is 5.76 Å². The lowest BCUT2D eigenvalue weighted by molar-refractivity contribution is 0.0997. The highest BCUT2D eigenvalue weighted by Crippen LogP contribution is 2.28. The summed E-state index contributed by atoms with van der Waals surface area (Å²) in [6.45, 7) is 1.96. The molecule has 0 saturated heterocycles. The van der Waals surface area contributed by atoms with E-state index in [0.717, 1.165) is 27.6 Å². The highest BCUT2D eigenvalue weighted by molar-refractivity contribution is 6.08. The SMILES string of the molecule is Cc1cc(N)ccc1-c1ccc(C(=O)Nc2cccc3ccccc23)o1. The second-order valence-electron chi connectivity index (χ2n) is 6.22. The average molecular weight is 342 g/mol. The van der Waals surface area contributed by atoms with Gasteiger partial charge in [-0.3, -0.25) is 4.79 Å². The van der Waals surface area contributed by atoms with Crippen molar-refractivity contribution in [3.05, 3.63) is 84.1 Å². The summed E-state index contributed by atoms with van der Waals surface area (Å²) in [7, 11) is 0. The van der Waals surface area contributed by atoms with E-state index in [1.807, 2.05) is 67.6 Å². The molecule has 4 aromatic rings. The van der Waals surface area contributed by atoms with Crippen LogP contribution in [0.15, 0.2) is 77.2 Å². The highest BCUT2D eigenvalue weighted by Gasteiger charge is 2.14. The molecule has 3 N–H and O–H groups in total. The first-order chi connectivity index (χ1) is 12.6. The molecule has 26 heavy (non-hydrogen) atoms. The summed E-state index contributed by atoms with van der Waals surface area (Å²) in [5, 5.41) is 5.00.